The van der Waals surface area contributed by atoms with Crippen molar-refractivity contribution in [2.24, 2.45) is 5.92 Å². The smallest absolute Gasteiger partial charge is 0.481 e. The minimum atomic E-state index is -2.76. The van der Waals surface area contributed by atoms with Gasteiger partial charge in [-0.15, -0.1) is 15.1 Å². The minimum absolute atomic E-state index is 0.326. The average molecular weight is 219 g/mol. The molecule has 2 N–H and O–H groups in total. The summed E-state index contributed by atoms with van der Waals surface area (Å²) in [5.41, 5.74) is 3.16. The van der Waals surface area contributed by atoms with Crippen LogP contribution >= 0.6 is 8.25 Å². The molecule has 6 heteroatoms. The van der Waals surface area contributed by atoms with Gasteiger partial charge in [-0.3, -0.25) is 4.79 Å². The highest BCUT2D eigenvalue weighted by atomic mass is 31.1. The van der Waals surface area contributed by atoms with Gasteiger partial charge in [-0.25, -0.2) is 0 Å². The molecule has 0 aromatic carbocycles. The molecule has 0 amide bonds. The lowest BCUT2D eigenvalue weighted by molar-refractivity contribution is -0.141. The van der Waals surface area contributed by atoms with Gasteiger partial charge in [0, 0.05) is 4.57 Å². The largest absolute Gasteiger partial charge is 0.694 e. The molecule has 0 aliphatic carbocycles. The molecule has 2 atom stereocenters. The lowest BCUT2D eigenvalue weighted by Gasteiger charge is -2.06. The van der Waals surface area contributed by atoms with E-state index in [1.807, 2.05) is 0 Å². The zero-order valence-corrected chi connectivity index (χ0v) is 8.82. The van der Waals surface area contributed by atoms with Crippen LogP contribution in [0, 0.1) is 5.92 Å². The summed E-state index contributed by atoms with van der Waals surface area (Å²) in [6.07, 6.45) is 1.57. The summed E-state index contributed by atoms with van der Waals surface area (Å²) in [5, 5.41) is 8.75. The van der Waals surface area contributed by atoms with Crippen LogP contribution < -0.4 is 0 Å². The lowest BCUT2D eigenvalue weighted by Crippen LogP contribution is -2.19. The predicted octanol–water partition coefficient (Wildman–Crippen LogP) is 1.47. The summed E-state index contributed by atoms with van der Waals surface area (Å²) in [4.78, 5) is 19.0. The second-order valence-electron chi connectivity index (χ2n) is 2.54. The van der Waals surface area contributed by atoms with E-state index in [0.29, 0.717) is 5.57 Å². The van der Waals surface area contributed by atoms with E-state index in [9.17, 15) is 9.36 Å². The molecule has 0 bridgehead atoms. The van der Waals surface area contributed by atoms with Crippen molar-refractivity contribution in [2.75, 3.05) is 6.61 Å². The highest BCUT2D eigenvalue weighted by molar-refractivity contribution is 7.32. The number of hydrogen-bond donors (Lipinski definition) is 2. The standard InChI is InChI=1S/C8H11O5P/c1-3-4-6(2)7(8(9)10)5-13-14(11)12/h3,7H,5H2,1-2H3,(H-,9,10,11,12)/p+1. The quantitative estimate of drug-likeness (QED) is 0.540. The normalized spacial score (nSPS) is 12.6. The second-order valence-corrected chi connectivity index (χ2v) is 3.27. The van der Waals surface area contributed by atoms with Gasteiger partial charge in [0.1, 0.15) is 12.5 Å². The first-order valence-corrected chi connectivity index (χ1v) is 5.01. The average Bonchev–Trinajstić information content (AvgIpc) is 2.03. The molecule has 0 spiro atoms. The van der Waals surface area contributed by atoms with Gasteiger partial charge in [0.2, 0.25) is 0 Å². The molecular weight excluding hydrogens is 207 g/mol. The SMILES string of the molecule is CC=C=C(C)C(CO[P+](=O)O)C(=O)O. The first-order chi connectivity index (χ1) is 6.49. The van der Waals surface area contributed by atoms with Crippen LogP contribution in [0.15, 0.2) is 17.4 Å². The van der Waals surface area contributed by atoms with Gasteiger partial charge in [0.25, 0.3) is 0 Å². The summed E-state index contributed by atoms with van der Waals surface area (Å²) < 4.78 is 14.5. The molecule has 2 unspecified atom stereocenters. The Kier molecular flexibility index (Phi) is 6.00. The zero-order chi connectivity index (χ0) is 11.1. The molecule has 0 saturated carbocycles. The number of carbonyl (C=O) groups is 1. The van der Waals surface area contributed by atoms with Gasteiger partial charge < -0.3 is 5.11 Å². The Hall–Kier alpha value is -0.990. The van der Waals surface area contributed by atoms with Gasteiger partial charge in [-0.05, 0) is 25.5 Å². The van der Waals surface area contributed by atoms with Gasteiger partial charge in [0.15, 0.2) is 0 Å². The molecule has 0 saturated heterocycles. The molecule has 14 heavy (non-hydrogen) atoms. The highest BCUT2D eigenvalue weighted by Gasteiger charge is 2.25. The third-order valence-electron chi connectivity index (χ3n) is 1.54. The van der Waals surface area contributed by atoms with E-state index in [4.69, 9.17) is 10.00 Å². The van der Waals surface area contributed by atoms with Crippen molar-refractivity contribution in [1.29, 1.82) is 0 Å². The van der Waals surface area contributed by atoms with E-state index in [0.717, 1.165) is 0 Å². The van der Waals surface area contributed by atoms with Crippen LogP contribution in [0.25, 0.3) is 0 Å². The van der Waals surface area contributed by atoms with E-state index in [-0.39, 0.29) is 6.61 Å². The Morgan fingerprint density at radius 1 is 1.71 bits per heavy atom. The maximum atomic E-state index is 10.7. The molecule has 0 heterocycles. The molecule has 0 rings (SSSR count). The maximum absolute atomic E-state index is 10.7. The van der Waals surface area contributed by atoms with Gasteiger partial charge in [-0.1, -0.05) is 0 Å². The Morgan fingerprint density at radius 2 is 2.29 bits per heavy atom. The summed E-state index contributed by atoms with van der Waals surface area (Å²) in [5.74, 6) is -2.04. The van der Waals surface area contributed by atoms with E-state index >= 15 is 0 Å². The third-order valence-corrected chi connectivity index (χ3v) is 1.91. The van der Waals surface area contributed by atoms with Gasteiger partial charge in [-0.2, -0.15) is 0 Å². The molecule has 0 aromatic heterocycles. The van der Waals surface area contributed by atoms with E-state index < -0.39 is 20.1 Å². The van der Waals surface area contributed by atoms with E-state index in [2.05, 4.69) is 10.3 Å². The zero-order valence-electron chi connectivity index (χ0n) is 7.93. The second kappa shape index (κ2) is 6.46. The summed E-state index contributed by atoms with van der Waals surface area (Å²) in [6, 6.07) is 0. The van der Waals surface area contributed by atoms with Crippen LogP contribution in [0.3, 0.4) is 0 Å². The van der Waals surface area contributed by atoms with E-state index in [1.54, 1.807) is 19.9 Å². The van der Waals surface area contributed by atoms with Crippen LogP contribution in [-0.4, -0.2) is 22.6 Å². The fourth-order valence-corrected chi connectivity index (χ4v) is 1.12. The van der Waals surface area contributed by atoms with E-state index in [1.165, 1.54) is 0 Å². The monoisotopic (exact) mass is 219 g/mol. The number of carboxylic acids is 1. The molecule has 78 valence electrons. The third kappa shape index (κ3) is 4.90. The molecule has 0 aliphatic rings. The highest BCUT2D eigenvalue weighted by Crippen LogP contribution is 2.19. The van der Waals surface area contributed by atoms with Crippen LogP contribution in [0.2, 0.25) is 0 Å². The first kappa shape index (κ1) is 13.0. The first-order valence-electron chi connectivity index (χ1n) is 3.88. The van der Waals surface area contributed by atoms with Crippen molar-refractivity contribution < 1.29 is 23.9 Å². The minimum Gasteiger partial charge on any atom is -0.481 e. The number of rotatable bonds is 5. The van der Waals surface area contributed by atoms with Crippen LogP contribution in [0.4, 0.5) is 0 Å². The Labute approximate surface area is 82.7 Å². The molecule has 5 nitrogen and oxygen atoms in total. The van der Waals surface area contributed by atoms with Crippen molar-refractivity contribution >= 4 is 14.2 Å². The topological polar surface area (TPSA) is 83.8 Å². The fraction of sp³-hybridized carbons (Fsp3) is 0.500. The Morgan fingerprint density at radius 3 is 2.64 bits per heavy atom. The molecular formula is C8H12O5P+. The Bertz CT molecular complexity index is 290. The molecule has 0 aliphatic heterocycles. The molecule has 0 fully saturated rings. The van der Waals surface area contributed by atoms with Crippen molar-refractivity contribution in [3.8, 4) is 0 Å². The van der Waals surface area contributed by atoms with Crippen LogP contribution in [0.5, 0.6) is 0 Å². The predicted molar refractivity (Wildman–Crippen MR) is 49.8 cm³/mol. The van der Waals surface area contributed by atoms with Crippen molar-refractivity contribution in [3.05, 3.63) is 17.4 Å². The molecule has 0 radical (unpaired) electrons. The fourth-order valence-electron chi connectivity index (χ4n) is 0.848. The lowest BCUT2D eigenvalue weighted by atomic mass is 10.0. The van der Waals surface area contributed by atoms with Crippen LogP contribution in [-0.2, 0) is 13.9 Å². The summed E-state index contributed by atoms with van der Waals surface area (Å²) in [6.45, 7) is 2.95. The number of carboxylic acid groups (broad SMARTS) is 1. The van der Waals surface area contributed by atoms with Crippen LogP contribution in [0.1, 0.15) is 13.8 Å². The van der Waals surface area contributed by atoms with Gasteiger partial charge >= 0.3 is 14.2 Å². The van der Waals surface area contributed by atoms with Crippen molar-refractivity contribution in [3.63, 3.8) is 0 Å². The summed E-state index contributed by atoms with van der Waals surface area (Å²) in [7, 11) is -2.76. The Balaban J connectivity index is 4.54. The molecule has 0 aromatic rings. The maximum Gasteiger partial charge on any atom is 0.694 e. The summed E-state index contributed by atoms with van der Waals surface area (Å²) >= 11 is 0. The van der Waals surface area contributed by atoms with Gasteiger partial charge in [0.05, 0.1) is 0 Å². The number of hydrogen-bond acceptors (Lipinski definition) is 3. The van der Waals surface area contributed by atoms with Crippen molar-refractivity contribution in [2.45, 2.75) is 13.8 Å². The number of aliphatic carboxylic acids is 1. The van der Waals surface area contributed by atoms with Crippen molar-refractivity contribution in [1.82, 2.24) is 0 Å².